The average Bonchev–Trinajstić information content (AvgIpc) is 3.58. The second-order valence-electron chi connectivity index (χ2n) is 9.98. The quantitative estimate of drug-likeness (QED) is 0.495. The van der Waals surface area contributed by atoms with Gasteiger partial charge < -0.3 is 20.9 Å². The first-order valence-corrected chi connectivity index (χ1v) is 12.1. The lowest BCUT2D eigenvalue weighted by Crippen LogP contribution is -2.48. The van der Waals surface area contributed by atoms with E-state index in [0.29, 0.717) is 24.6 Å². The number of rotatable bonds is 10. The maximum atomic E-state index is 13.7. The summed E-state index contributed by atoms with van der Waals surface area (Å²) in [4.78, 5) is 28.3. The largest absolute Gasteiger partial charge is 0.373 e. The summed E-state index contributed by atoms with van der Waals surface area (Å²) < 4.78 is 13.7. The molecule has 6 nitrogen and oxygen atoms in total. The lowest BCUT2D eigenvalue weighted by atomic mass is 9.91. The van der Waals surface area contributed by atoms with Gasteiger partial charge in [0.25, 0.3) is 5.91 Å². The highest BCUT2D eigenvalue weighted by Crippen LogP contribution is 2.34. The van der Waals surface area contributed by atoms with E-state index in [1.165, 1.54) is 30.6 Å². The fourth-order valence-corrected chi connectivity index (χ4v) is 4.62. The van der Waals surface area contributed by atoms with Crippen LogP contribution in [0.4, 0.5) is 4.39 Å². The molecule has 0 radical (unpaired) electrons. The van der Waals surface area contributed by atoms with Gasteiger partial charge in [0.2, 0.25) is 5.91 Å². The predicted molar refractivity (Wildman–Crippen MR) is 131 cm³/mol. The van der Waals surface area contributed by atoms with Gasteiger partial charge in [-0.25, -0.2) is 4.39 Å². The predicted octanol–water partition coefficient (Wildman–Crippen LogP) is 3.32. The zero-order chi connectivity index (χ0) is 24.2. The number of carbonyl (C=O) groups excluding carboxylic acids is 2. The molecule has 1 saturated carbocycles. The summed E-state index contributed by atoms with van der Waals surface area (Å²) in [5, 5.41) is 9.14. The summed E-state index contributed by atoms with van der Waals surface area (Å²) >= 11 is 0. The minimum absolute atomic E-state index is 0.130. The molecule has 34 heavy (non-hydrogen) atoms. The molecule has 1 aromatic rings. The molecule has 1 aromatic carbocycles. The van der Waals surface area contributed by atoms with Crippen molar-refractivity contribution < 1.29 is 14.0 Å². The fraction of sp³-hybridized carbons (Fsp3) is 0.481. The topological polar surface area (TPSA) is 73.5 Å². The van der Waals surface area contributed by atoms with Crippen LogP contribution in [-0.4, -0.2) is 42.9 Å². The first-order chi connectivity index (χ1) is 16.3. The summed E-state index contributed by atoms with van der Waals surface area (Å²) in [5.41, 5.74) is 3.46. The first-order valence-electron chi connectivity index (χ1n) is 12.1. The standard InChI is InChI=1S/C27H35FN4O2/c1-17-22-14-21(28)11-13-23(22)30-25(17)27(34)31-24(12-10-18-4-5-18)26(33)29-15-19-6-8-20(9-7-19)16-32(2)3/h6-9,11,13-14,18,22-24,30H,4-5,10,12,15-16H2,1-3H3,(H,29,33)(H,31,34)/t22?,23?,24-/m0/s1. The molecule has 3 aliphatic rings. The minimum atomic E-state index is -0.603. The summed E-state index contributed by atoms with van der Waals surface area (Å²) in [5.74, 6) is -0.299. The van der Waals surface area contributed by atoms with Crippen LogP contribution in [0.25, 0.3) is 0 Å². The maximum absolute atomic E-state index is 13.7. The molecule has 2 amide bonds. The molecule has 0 saturated heterocycles. The van der Waals surface area contributed by atoms with Gasteiger partial charge in [-0.05, 0) is 68.6 Å². The number of carbonyl (C=O) groups is 2. The zero-order valence-electron chi connectivity index (χ0n) is 20.2. The lowest BCUT2D eigenvalue weighted by Gasteiger charge is -2.20. The van der Waals surface area contributed by atoms with E-state index in [9.17, 15) is 14.0 Å². The number of nitrogens with zero attached hydrogens (tertiary/aromatic N) is 1. The van der Waals surface area contributed by atoms with Gasteiger partial charge in [-0.3, -0.25) is 9.59 Å². The van der Waals surface area contributed by atoms with Crippen molar-refractivity contribution in [2.24, 2.45) is 11.8 Å². The van der Waals surface area contributed by atoms with Crippen molar-refractivity contribution in [1.29, 1.82) is 0 Å². The number of halogens is 1. The van der Waals surface area contributed by atoms with Crippen molar-refractivity contribution >= 4 is 11.8 Å². The lowest BCUT2D eigenvalue weighted by molar-refractivity contribution is -0.127. The summed E-state index contributed by atoms with van der Waals surface area (Å²) in [6.07, 6.45) is 8.62. The molecule has 7 heteroatoms. The van der Waals surface area contributed by atoms with E-state index in [-0.39, 0.29) is 29.6 Å². The van der Waals surface area contributed by atoms with Crippen molar-refractivity contribution in [3.63, 3.8) is 0 Å². The van der Waals surface area contributed by atoms with Crippen LogP contribution in [0.2, 0.25) is 0 Å². The van der Waals surface area contributed by atoms with Gasteiger partial charge in [-0.1, -0.05) is 43.2 Å². The molecular weight excluding hydrogens is 431 g/mol. The van der Waals surface area contributed by atoms with Crippen molar-refractivity contribution in [2.45, 2.75) is 57.8 Å². The Morgan fingerprint density at radius 2 is 1.88 bits per heavy atom. The van der Waals surface area contributed by atoms with Gasteiger partial charge in [0.1, 0.15) is 11.9 Å². The summed E-state index contributed by atoms with van der Waals surface area (Å²) in [7, 11) is 4.06. The number of nitrogens with one attached hydrogen (secondary N) is 3. The second-order valence-corrected chi connectivity index (χ2v) is 9.98. The van der Waals surface area contributed by atoms with E-state index in [1.54, 1.807) is 6.08 Å². The highest BCUT2D eigenvalue weighted by molar-refractivity contribution is 5.97. The van der Waals surface area contributed by atoms with Crippen LogP contribution in [0.5, 0.6) is 0 Å². The summed E-state index contributed by atoms with van der Waals surface area (Å²) in [6.45, 7) is 3.12. The first kappa shape index (κ1) is 24.2. The van der Waals surface area contributed by atoms with Gasteiger partial charge in [0, 0.05) is 19.0 Å². The Balaban J connectivity index is 1.37. The zero-order valence-corrected chi connectivity index (χ0v) is 20.2. The number of benzene rings is 1. The number of hydrogen-bond acceptors (Lipinski definition) is 4. The van der Waals surface area contributed by atoms with Gasteiger partial charge in [-0.15, -0.1) is 0 Å². The van der Waals surface area contributed by atoms with E-state index >= 15 is 0 Å². The van der Waals surface area contributed by atoms with E-state index in [2.05, 4.69) is 33.0 Å². The molecule has 1 fully saturated rings. The minimum Gasteiger partial charge on any atom is -0.373 e. The fourth-order valence-electron chi connectivity index (χ4n) is 4.62. The molecule has 2 unspecified atom stereocenters. The third-order valence-electron chi connectivity index (χ3n) is 6.79. The molecule has 3 N–H and O–H groups in total. The summed E-state index contributed by atoms with van der Waals surface area (Å²) in [6, 6.07) is 7.45. The molecule has 3 atom stereocenters. The Morgan fingerprint density at radius 3 is 2.56 bits per heavy atom. The van der Waals surface area contributed by atoms with E-state index < -0.39 is 6.04 Å². The van der Waals surface area contributed by atoms with Crippen LogP contribution >= 0.6 is 0 Å². The Kier molecular flexibility index (Phi) is 7.51. The third kappa shape index (κ3) is 6.14. The van der Waals surface area contributed by atoms with Crippen LogP contribution in [0.1, 0.15) is 43.7 Å². The maximum Gasteiger partial charge on any atom is 0.267 e. The Bertz CT molecular complexity index is 1010. The van der Waals surface area contributed by atoms with Gasteiger partial charge in [-0.2, -0.15) is 0 Å². The van der Waals surface area contributed by atoms with Crippen LogP contribution in [-0.2, 0) is 22.7 Å². The van der Waals surface area contributed by atoms with Crippen molar-refractivity contribution in [3.05, 3.63) is 70.7 Å². The monoisotopic (exact) mass is 466 g/mol. The van der Waals surface area contributed by atoms with E-state index in [0.717, 1.165) is 24.1 Å². The smallest absolute Gasteiger partial charge is 0.267 e. The number of fused-ring (bicyclic) bond motifs is 1. The highest BCUT2D eigenvalue weighted by atomic mass is 19.1. The van der Waals surface area contributed by atoms with Crippen LogP contribution in [0.15, 0.2) is 59.6 Å². The van der Waals surface area contributed by atoms with Crippen molar-refractivity contribution in [2.75, 3.05) is 14.1 Å². The number of amides is 2. The molecule has 0 bridgehead atoms. The molecule has 182 valence electrons. The van der Waals surface area contributed by atoms with Gasteiger partial charge in [0.15, 0.2) is 0 Å². The third-order valence-corrected chi connectivity index (χ3v) is 6.79. The van der Waals surface area contributed by atoms with Crippen LogP contribution < -0.4 is 16.0 Å². The molecule has 4 rings (SSSR count). The average molecular weight is 467 g/mol. The molecule has 0 spiro atoms. The number of hydrogen-bond donors (Lipinski definition) is 3. The molecule has 2 aliphatic carbocycles. The molecular formula is C27H35FN4O2. The second kappa shape index (κ2) is 10.6. The highest BCUT2D eigenvalue weighted by Gasteiger charge is 2.35. The molecule has 1 heterocycles. The van der Waals surface area contributed by atoms with Crippen molar-refractivity contribution in [1.82, 2.24) is 20.9 Å². The van der Waals surface area contributed by atoms with Crippen LogP contribution in [0, 0.1) is 11.8 Å². The normalized spacial score (nSPS) is 22.2. The number of allylic oxidation sites excluding steroid dienone is 2. The Morgan fingerprint density at radius 1 is 1.18 bits per heavy atom. The van der Waals surface area contributed by atoms with Gasteiger partial charge in [0.05, 0.1) is 11.7 Å². The van der Waals surface area contributed by atoms with Crippen LogP contribution in [0.3, 0.4) is 0 Å². The Labute approximate surface area is 201 Å². The molecule has 1 aliphatic heterocycles. The van der Waals surface area contributed by atoms with E-state index in [1.807, 2.05) is 33.2 Å². The molecule has 0 aromatic heterocycles. The van der Waals surface area contributed by atoms with E-state index in [4.69, 9.17) is 0 Å². The van der Waals surface area contributed by atoms with Crippen molar-refractivity contribution in [3.8, 4) is 0 Å². The SMILES string of the molecule is CC1=C(C(=O)N[C@@H](CCC2CC2)C(=O)NCc2ccc(CN(C)C)cc2)NC2C=CC(F)=CC12. The Hall–Kier alpha value is -2.93. The van der Waals surface area contributed by atoms with Gasteiger partial charge >= 0.3 is 0 Å².